The van der Waals surface area contributed by atoms with E-state index in [1.165, 1.54) is 18.4 Å². The molecule has 1 aromatic rings. The maximum atomic E-state index is 12.0. The molecule has 24 heavy (non-hydrogen) atoms. The van der Waals surface area contributed by atoms with Gasteiger partial charge in [0.15, 0.2) is 0 Å². The Labute approximate surface area is 142 Å². The number of nitrogens with zero attached hydrogens (tertiary/aromatic N) is 2. The average Bonchev–Trinajstić information content (AvgIpc) is 3.34. The number of piperidine rings is 1. The summed E-state index contributed by atoms with van der Waals surface area (Å²) >= 11 is 0. The Bertz CT molecular complexity index is 588. The number of amides is 1. The van der Waals surface area contributed by atoms with E-state index in [4.69, 9.17) is 4.52 Å². The minimum atomic E-state index is -0.854. The third-order valence-corrected chi connectivity index (χ3v) is 5.68. The van der Waals surface area contributed by atoms with Crippen LogP contribution in [-0.4, -0.2) is 46.3 Å². The Morgan fingerprint density at radius 1 is 1.25 bits per heavy atom. The number of aliphatic hydroxyl groups is 1. The minimum absolute atomic E-state index is 0.0752. The highest BCUT2D eigenvalue weighted by molar-refractivity contribution is 5.81. The molecule has 3 aliphatic rings. The Morgan fingerprint density at radius 3 is 2.75 bits per heavy atom. The average molecular weight is 333 g/mol. The van der Waals surface area contributed by atoms with Gasteiger partial charge in [-0.25, -0.2) is 0 Å². The normalized spacial score (nSPS) is 23.7. The summed E-state index contributed by atoms with van der Waals surface area (Å²) in [4.78, 5) is 14.4. The molecule has 0 radical (unpaired) electrons. The molecule has 4 rings (SSSR count). The number of rotatable bonds is 5. The van der Waals surface area contributed by atoms with Gasteiger partial charge in [0.25, 0.3) is 0 Å². The molecule has 6 nitrogen and oxygen atoms in total. The lowest BCUT2D eigenvalue weighted by molar-refractivity contribution is -0.133. The van der Waals surface area contributed by atoms with E-state index >= 15 is 0 Å². The molecule has 0 bridgehead atoms. The van der Waals surface area contributed by atoms with Crippen LogP contribution in [-0.2, 0) is 24.2 Å². The highest BCUT2D eigenvalue weighted by Gasteiger charge is 2.33. The summed E-state index contributed by atoms with van der Waals surface area (Å²) < 4.78 is 5.49. The van der Waals surface area contributed by atoms with Crippen LogP contribution in [0, 0.1) is 5.92 Å². The number of likely N-dealkylation sites (tertiary alicyclic amines) is 1. The van der Waals surface area contributed by atoms with Crippen molar-refractivity contribution in [1.82, 2.24) is 15.4 Å². The fourth-order valence-electron chi connectivity index (χ4n) is 3.94. The molecule has 0 aromatic carbocycles. The summed E-state index contributed by atoms with van der Waals surface area (Å²) in [5.74, 6) is 0.978. The Balaban J connectivity index is 1.28. The Hall–Kier alpha value is -1.40. The van der Waals surface area contributed by atoms with Crippen LogP contribution in [0.25, 0.3) is 0 Å². The maximum Gasteiger partial charge on any atom is 0.249 e. The summed E-state index contributed by atoms with van der Waals surface area (Å²) in [7, 11) is 0. The van der Waals surface area contributed by atoms with Gasteiger partial charge >= 0.3 is 0 Å². The standard InChI is InChI=1S/C18H27N3O3/c22-17(18(23)19-13-5-6-13)12-7-9-21(10-8-12)11-15-14-3-1-2-4-16(14)24-20-15/h12-13,17,22H,1-11H2,(H,19,23)/t17-/m0/s1. The van der Waals surface area contributed by atoms with E-state index in [-0.39, 0.29) is 11.8 Å². The summed E-state index contributed by atoms with van der Waals surface area (Å²) in [6.07, 6.45) is 7.51. The molecule has 2 heterocycles. The number of hydrogen-bond donors (Lipinski definition) is 2. The number of carbonyl (C=O) groups is 1. The molecule has 2 N–H and O–H groups in total. The topological polar surface area (TPSA) is 78.6 Å². The van der Waals surface area contributed by atoms with Gasteiger partial charge < -0.3 is 14.9 Å². The zero-order valence-electron chi connectivity index (χ0n) is 14.2. The molecule has 2 aliphatic carbocycles. The molecule has 1 saturated carbocycles. The predicted molar refractivity (Wildman–Crippen MR) is 88.3 cm³/mol. The summed E-state index contributed by atoms with van der Waals surface area (Å²) in [6.45, 7) is 2.63. The molecule has 6 heteroatoms. The lowest BCUT2D eigenvalue weighted by Crippen LogP contribution is -2.45. The number of nitrogens with one attached hydrogen (secondary N) is 1. The predicted octanol–water partition coefficient (Wildman–Crippen LogP) is 1.40. The van der Waals surface area contributed by atoms with Crippen molar-refractivity contribution in [3.05, 3.63) is 17.0 Å². The van der Waals surface area contributed by atoms with Crippen LogP contribution in [0.2, 0.25) is 0 Å². The Morgan fingerprint density at radius 2 is 2.00 bits per heavy atom. The first-order valence-corrected chi connectivity index (χ1v) is 9.38. The second-order valence-electron chi connectivity index (χ2n) is 7.58. The number of hydrogen-bond acceptors (Lipinski definition) is 5. The van der Waals surface area contributed by atoms with Gasteiger partial charge in [0.05, 0.1) is 0 Å². The van der Waals surface area contributed by atoms with Gasteiger partial charge in [-0.05, 0) is 64.0 Å². The van der Waals surface area contributed by atoms with E-state index in [1.54, 1.807) is 0 Å². The monoisotopic (exact) mass is 333 g/mol. The lowest BCUT2D eigenvalue weighted by Gasteiger charge is -2.33. The fraction of sp³-hybridized carbons (Fsp3) is 0.778. The number of aromatic nitrogens is 1. The van der Waals surface area contributed by atoms with Crippen LogP contribution >= 0.6 is 0 Å². The number of aryl methyl sites for hydroxylation is 1. The van der Waals surface area contributed by atoms with Gasteiger partial charge in [0.1, 0.15) is 17.6 Å². The lowest BCUT2D eigenvalue weighted by atomic mass is 9.90. The SMILES string of the molecule is O=C(NC1CC1)[C@@H](O)C1CCN(Cc2noc3c2CCCC3)CC1. The highest BCUT2D eigenvalue weighted by atomic mass is 16.5. The third kappa shape index (κ3) is 3.49. The molecular formula is C18H27N3O3. The van der Waals surface area contributed by atoms with E-state index < -0.39 is 6.10 Å². The molecule has 132 valence electrons. The van der Waals surface area contributed by atoms with Gasteiger partial charge in [-0.15, -0.1) is 0 Å². The molecule has 1 saturated heterocycles. The zero-order valence-corrected chi connectivity index (χ0v) is 14.2. The van der Waals surface area contributed by atoms with E-state index in [9.17, 15) is 9.90 Å². The minimum Gasteiger partial charge on any atom is -0.383 e. The smallest absolute Gasteiger partial charge is 0.249 e. The molecule has 0 unspecified atom stereocenters. The Kier molecular flexibility index (Phi) is 4.59. The highest BCUT2D eigenvalue weighted by Crippen LogP contribution is 2.27. The second-order valence-corrected chi connectivity index (χ2v) is 7.58. The van der Waals surface area contributed by atoms with Crippen molar-refractivity contribution in [3.63, 3.8) is 0 Å². The number of carbonyl (C=O) groups excluding carboxylic acids is 1. The van der Waals surface area contributed by atoms with Crippen LogP contribution < -0.4 is 5.32 Å². The van der Waals surface area contributed by atoms with Crippen LogP contribution in [0.3, 0.4) is 0 Å². The van der Waals surface area contributed by atoms with Crippen molar-refractivity contribution >= 4 is 5.91 Å². The van der Waals surface area contributed by atoms with Crippen molar-refractivity contribution in [3.8, 4) is 0 Å². The largest absolute Gasteiger partial charge is 0.383 e. The molecule has 1 aliphatic heterocycles. The second kappa shape index (κ2) is 6.84. The quantitative estimate of drug-likeness (QED) is 0.852. The zero-order chi connectivity index (χ0) is 16.5. The van der Waals surface area contributed by atoms with Crippen molar-refractivity contribution in [2.75, 3.05) is 13.1 Å². The summed E-state index contributed by atoms with van der Waals surface area (Å²) in [5, 5.41) is 17.5. The van der Waals surface area contributed by atoms with E-state index in [1.807, 2.05) is 0 Å². The number of aliphatic hydroxyl groups excluding tert-OH is 1. The molecule has 1 amide bonds. The van der Waals surface area contributed by atoms with Crippen molar-refractivity contribution in [2.45, 2.75) is 70.1 Å². The first kappa shape index (κ1) is 16.1. The van der Waals surface area contributed by atoms with Gasteiger partial charge in [-0.2, -0.15) is 0 Å². The van der Waals surface area contributed by atoms with E-state index in [0.29, 0.717) is 6.04 Å². The van der Waals surface area contributed by atoms with Gasteiger partial charge in [0.2, 0.25) is 5.91 Å². The van der Waals surface area contributed by atoms with E-state index in [2.05, 4.69) is 15.4 Å². The van der Waals surface area contributed by atoms with Crippen LogP contribution in [0.5, 0.6) is 0 Å². The third-order valence-electron chi connectivity index (χ3n) is 5.68. The molecule has 2 fully saturated rings. The van der Waals surface area contributed by atoms with Crippen molar-refractivity contribution < 1.29 is 14.4 Å². The maximum absolute atomic E-state index is 12.0. The van der Waals surface area contributed by atoms with Crippen LogP contribution in [0.4, 0.5) is 0 Å². The molecule has 1 aromatic heterocycles. The first-order valence-electron chi connectivity index (χ1n) is 9.38. The van der Waals surface area contributed by atoms with Crippen LogP contribution in [0.1, 0.15) is 55.5 Å². The number of fused-ring (bicyclic) bond motifs is 1. The molecule has 1 atom stereocenters. The van der Waals surface area contributed by atoms with Crippen molar-refractivity contribution in [1.29, 1.82) is 0 Å². The van der Waals surface area contributed by atoms with Crippen molar-refractivity contribution in [2.24, 2.45) is 5.92 Å². The summed E-state index contributed by atoms with van der Waals surface area (Å²) in [5.41, 5.74) is 2.42. The van der Waals surface area contributed by atoms with Crippen LogP contribution in [0.15, 0.2) is 4.52 Å². The molecule has 0 spiro atoms. The first-order chi connectivity index (χ1) is 11.7. The van der Waals surface area contributed by atoms with Gasteiger partial charge in [-0.1, -0.05) is 5.16 Å². The summed E-state index contributed by atoms with van der Waals surface area (Å²) in [6, 6.07) is 0.311. The molecular weight excluding hydrogens is 306 g/mol. The van der Waals surface area contributed by atoms with Gasteiger partial charge in [-0.3, -0.25) is 9.69 Å². The van der Waals surface area contributed by atoms with Gasteiger partial charge in [0, 0.05) is 24.6 Å². The fourth-order valence-corrected chi connectivity index (χ4v) is 3.94. The van der Waals surface area contributed by atoms with E-state index in [0.717, 1.165) is 69.6 Å².